The number of benzene rings is 2. The van der Waals surface area contributed by atoms with Crippen LogP contribution < -0.4 is 19.7 Å². The molecule has 0 aliphatic heterocycles. The molecule has 0 saturated heterocycles. The van der Waals surface area contributed by atoms with Gasteiger partial charge in [0.05, 0.1) is 26.3 Å². The highest BCUT2D eigenvalue weighted by molar-refractivity contribution is 5.93. The molecule has 144 valence electrons. The number of ether oxygens (including phenoxy) is 2. The highest BCUT2D eigenvalue weighted by Crippen LogP contribution is 2.32. The fourth-order valence-electron chi connectivity index (χ4n) is 2.66. The van der Waals surface area contributed by atoms with Crippen LogP contribution in [0.15, 0.2) is 42.5 Å². The molecule has 2 aromatic carbocycles. The summed E-state index contributed by atoms with van der Waals surface area (Å²) >= 11 is 0. The summed E-state index contributed by atoms with van der Waals surface area (Å²) in [6.07, 6.45) is 0.0731. The molecule has 0 saturated carbocycles. The molecule has 27 heavy (non-hydrogen) atoms. The van der Waals surface area contributed by atoms with E-state index in [9.17, 15) is 14.0 Å². The van der Waals surface area contributed by atoms with Crippen molar-refractivity contribution in [3.05, 3.63) is 53.8 Å². The zero-order valence-corrected chi connectivity index (χ0v) is 15.6. The summed E-state index contributed by atoms with van der Waals surface area (Å²) in [7, 11) is 3.06. The number of nitrogens with zero attached hydrogens (tertiary/aromatic N) is 1. The van der Waals surface area contributed by atoms with Gasteiger partial charge in [0.25, 0.3) is 0 Å². The van der Waals surface area contributed by atoms with Gasteiger partial charge in [-0.1, -0.05) is 12.1 Å². The van der Waals surface area contributed by atoms with Gasteiger partial charge in [-0.25, -0.2) is 4.39 Å². The van der Waals surface area contributed by atoms with E-state index in [2.05, 4.69) is 5.32 Å². The molecule has 0 aliphatic carbocycles. The van der Waals surface area contributed by atoms with Gasteiger partial charge in [-0.15, -0.1) is 0 Å². The predicted octanol–water partition coefficient (Wildman–Crippen LogP) is 2.55. The minimum Gasteiger partial charge on any atom is -0.497 e. The van der Waals surface area contributed by atoms with E-state index in [0.717, 1.165) is 0 Å². The average Bonchev–Trinajstić information content (AvgIpc) is 2.64. The number of hydrogen-bond donors (Lipinski definition) is 1. The normalized spacial score (nSPS) is 10.2. The lowest BCUT2D eigenvalue weighted by Crippen LogP contribution is -2.38. The Labute approximate surface area is 157 Å². The maximum atomic E-state index is 13.2. The van der Waals surface area contributed by atoms with Crippen molar-refractivity contribution in [2.45, 2.75) is 13.3 Å². The molecule has 0 atom stereocenters. The first-order valence-corrected chi connectivity index (χ1v) is 8.46. The summed E-state index contributed by atoms with van der Waals surface area (Å²) in [5.41, 5.74) is 1.18. The molecule has 6 nitrogen and oxygen atoms in total. The number of hydrogen-bond acceptors (Lipinski definition) is 4. The second-order valence-corrected chi connectivity index (χ2v) is 5.87. The zero-order valence-electron chi connectivity index (χ0n) is 15.6. The summed E-state index contributed by atoms with van der Waals surface area (Å²) in [5.74, 6) is 0.302. The monoisotopic (exact) mass is 374 g/mol. The molecule has 0 bridgehead atoms. The highest BCUT2D eigenvalue weighted by Gasteiger charge is 2.17. The molecule has 2 rings (SSSR count). The Balaban J connectivity index is 1.99. The SMILES string of the molecule is COc1ccc(N(CCNC(=O)Cc2cccc(F)c2)C(C)=O)c(OC)c1. The van der Waals surface area contributed by atoms with Gasteiger partial charge in [0.1, 0.15) is 17.3 Å². The van der Waals surface area contributed by atoms with Crippen LogP contribution in [0.2, 0.25) is 0 Å². The van der Waals surface area contributed by atoms with E-state index in [4.69, 9.17) is 9.47 Å². The third-order valence-corrected chi connectivity index (χ3v) is 3.97. The van der Waals surface area contributed by atoms with Crippen molar-refractivity contribution in [3.8, 4) is 11.5 Å². The highest BCUT2D eigenvalue weighted by atomic mass is 19.1. The number of rotatable bonds is 8. The lowest BCUT2D eigenvalue weighted by Gasteiger charge is -2.23. The Morgan fingerprint density at radius 2 is 1.89 bits per heavy atom. The summed E-state index contributed by atoms with van der Waals surface area (Å²) in [4.78, 5) is 25.6. The average molecular weight is 374 g/mol. The predicted molar refractivity (Wildman–Crippen MR) is 101 cm³/mol. The van der Waals surface area contributed by atoms with Crippen LogP contribution in [0, 0.1) is 5.82 Å². The van der Waals surface area contributed by atoms with Crippen molar-refractivity contribution < 1.29 is 23.5 Å². The first-order valence-electron chi connectivity index (χ1n) is 8.46. The minimum absolute atomic E-state index is 0.0731. The number of carbonyl (C=O) groups excluding carboxylic acids is 2. The molecule has 0 spiro atoms. The van der Waals surface area contributed by atoms with Crippen molar-refractivity contribution in [2.75, 3.05) is 32.2 Å². The van der Waals surface area contributed by atoms with Crippen LogP contribution in [0.3, 0.4) is 0 Å². The number of carbonyl (C=O) groups is 2. The number of amides is 2. The fraction of sp³-hybridized carbons (Fsp3) is 0.300. The van der Waals surface area contributed by atoms with Gasteiger partial charge >= 0.3 is 0 Å². The molecule has 1 N–H and O–H groups in total. The van der Waals surface area contributed by atoms with E-state index in [1.165, 1.54) is 31.1 Å². The molecule has 2 aromatic rings. The van der Waals surface area contributed by atoms with Crippen LogP contribution in [0.1, 0.15) is 12.5 Å². The topological polar surface area (TPSA) is 67.9 Å². The molecule has 0 heterocycles. The van der Waals surface area contributed by atoms with Gasteiger partial charge in [-0.3, -0.25) is 9.59 Å². The Hall–Kier alpha value is -3.09. The van der Waals surface area contributed by atoms with Crippen LogP contribution in [-0.2, 0) is 16.0 Å². The second-order valence-electron chi connectivity index (χ2n) is 5.87. The van der Waals surface area contributed by atoms with Crippen LogP contribution in [-0.4, -0.2) is 39.1 Å². The van der Waals surface area contributed by atoms with E-state index < -0.39 is 0 Å². The fourth-order valence-corrected chi connectivity index (χ4v) is 2.66. The molecular weight excluding hydrogens is 351 g/mol. The Bertz CT molecular complexity index is 810. The van der Waals surface area contributed by atoms with Crippen LogP contribution in [0.25, 0.3) is 0 Å². The van der Waals surface area contributed by atoms with E-state index in [0.29, 0.717) is 22.7 Å². The lowest BCUT2D eigenvalue weighted by atomic mass is 10.1. The zero-order chi connectivity index (χ0) is 19.8. The maximum absolute atomic E-state index is 13.2. The maximum Gasteiger partial charge on any atom is 0.224 e. The smallest absolute Gasteiger partial charge is 0.224 e. The molecule has 0 aliphatic rings. The van der Waals surface area contributed by atoms with Gasteiger partial charge in [0.2, 0.25) is 11.8 Å². The first-order chi connectivity index (χ1) is 12.9. The van der Waals surface area contributed by atoms with Crippen molar-refractivity contribution in [1.29, 1.82) is 0 Å². The van der Waals surface area contributed by atoms with Gasteiger partial charge in [0, 0.05) is 26.1 Å². The molecule has 7 heteroatoms. The number of anilines is 1. The van der Waals surface area contributed by atoms with Crippen molar-refractivity contribution in [2.24, 2.45) is 0 Å². The number of nitrogens with one attached hydrogen (secondary N) is 1. The summed E-state index contributed by atoms with van der Waals surface area (Å²) in [6.45, 7) is 1.97. The van der Waals surface area contributed by atoms with Crippen molar-refractivity contribution >= 4 is 17.5 Å². The Kier molecular flexibility index (Phi) is 7.16. The quantitative estimate of drug-likeness (QED) is 0.771. The molecule has 0 unspecified atom stereocenters. The molecule has 0 fully saturated rings. The minimum atomic E-state index is -0.380. The molecule has 2 amide bonds. The third-order valence-electron chi connectivity index (χ3n) is 3.97. The summed E-state index contributed by atoms with van der Waals surface area (Å²) in [6, 6.07) is 11.0. The van der Waals surface area contributed by atoms with E-state index in [1.807, 2.05) is 0 Å². The third kappa shape index (κ3) is 5.70. The summed E-state index contributed by atoms with van der Waals surface area (Å²) in [5, 5.41) is 2.74. The van der Waals surface area contributed by atoms with Crippen LogP contribution in [0.5, 0.6) is 11.5 Å². The van der Waals surface area contributed by atoms with Crippen LogP contribution >= 0.6 is 0 Å². The molecule has 0 radical (unpaired) electrons. The van der Waals surface area contributed by atoms with E-state index in [-0.39, 0.29) is 37.1 Å². The van der Waals surface area contributed by atoms with E-state index in [1.54, 1.807) is 37.4 Å². The standard InChI is InChI=1S/C20H23FN2O4/c1-14(24)23(18-8-7-17(26-2)13-19(18)27-3)10-9-22-20(25)12-15-5-4-6-16(21)11-15/h4-8,11,13H,9-10,12H2,1-3H3,(H,22,25). The molecular formula is C20H23FN2O4. The first kappa shape index (κ1) is 20.2. The number of halogens is 1. The Morgan fingerprint density at radius 1 is 1.11 bits per heavy atom. The van der Waals surface area contributed by atoms with Gasteiger partial charge < -0.3 is 19.7 Å². The Morgan fingerprint density at radius 3 is 2.52 bits per heavy atom. The second kappa shape index (κ2) is 9.56. The van der Waals surface area contributed by atoms with E-state index >= 15 is 0 Å². The van der Waals surface area contributed by atoms with Gasteiger partial charge in [-0.05, 0) is 29.8 Å². The van der Waals surface area contributed by atoms with Crippen molar-refractivity contribution in [3.63, 3.8) is 0 Å². The largest absolute Gasteiger partial charge is 0.497 e. The lowest BCUT2D eigenvalue weighted by molar-refractivity contribution is -0.121. The summed E-state index contributed by atoms with van der Waals surface area (Å²) < 4.78 is 23.7. The van der Waals surface area contributed by atoms with Gasteiger partial charge in [-0.2, -0.15) is 0 Å². The van der Waals surface area contributed by atoms with Crippen molar-refractivity contribution in [1.82, 2.24) is 5.32 Å². The van der Waals surface area contributed by atoms with Gasteiger partial charge in [0.15, 0.2) is 0 Å². The van der Waals surface area contributed by atoms with Crippen LogP contribution in [0.4, 0.5) is 10.1 Å². The molecule has 0 aromatic heterocycles. The number of methoxy groups -OCH3 is 2.